The molecular formula is C15H33NO3S. The van der Waals surface area contributed by atoms with E-state index in [1.54, 1.807) is 0 Å². The average Bonchev–Trinajstić information content (AvgIpc) is 2.42. The van der Waals surface area contributed by atoms with Crippen molar-refractivity contribution >= 4 is 10.3 Å². The van der Waals surface area contributed by atoms with Gasteiger partial charge in [0.05, 0.1) is 6.61 Å². The molecular weight excluding hydrogens is 274 g/mol. The zero-order chi connectivity index (χ0) is 15.1. The Hall–Kier alpha value is -0.130. The van der Waals surface area contributed by atoms with Crippen LogP contribution in [0.15, 0.2) is 0 Å². The second-order valence-electron chi connectivity index (χ2n) is 5.35. The third kappa shape index (κ3) is 14.3. The monoisotopic (exact) mass is 307 g/mol. The first kappa shape index (κ1) is 19.9. The lowest BCUT2D eigenvalue weighted by atomic mass is 10.1. The van der Waals surface area contributed by atoms with Crippen molar-refractivity contribution in [3.8, 4) is 0 Å². The van der Waals surface area contributed by atoms with Gasteiger partial charge in [0.15, 0.2) is 0 Å². The predicted octanol–water partition coefficient (Wildman–Crippen LogP) is 4.17. The molecule has 0 aromatic carbocycles. The Morgan fingerprint density at radius 3 is 1.75 bits per heavy atom. The third-order valence-corrected chi connectivity index (χ3v) is 4.29. The average molecular weight is 308 g/mol. The van der Waals surface area contributed by atoms with E-state index < -0.39 is 10.3 Å². The lowest BCUT2D eigenvalue weighted by Gasteiger charge is -2.06. The molecule has 1 N–H and O–H groups in total. The van der Waals surface area contributed by atoms with E-state index in [0.717, 1.165) is 12.8 Å². The van der Waals surface area contributed by atoms with Crippen molar-refractivity contribution in [2.24, 2.45) is 0 Å². The van der Waals surface area contributed by atoms with Gasteiger partial charge in [-0.2, -0.15) is 13.1 Å². The number of hydrogen-bond donors (Lipinski definition) is 1. The van der Waals surface area contributed by atoms with Gasteiger partial charge in [-0.1, -0.05) is 71.6 Å². The van der Waals surface area contributed by atoms with E-state index in [2.05, 4.69) is 11.6 Å². The molecule has 0 saturated heterocycles. The summed E-state index contributed by atoms with van der Waals surface area (Å²) in [5.74, 6) is 0. The van der Waals surface area contributed by atoms with E-state index in [-0.39, 0.29) is 6.61 Å². The minimum absolute atomic E-state index is 0.257. The molecule has 0 aliphatic carbocycles. The topological polar surface area (TPSA) is 55.4 Å². The summed E-state index contributed by atoms with van der Waals surface area (Å²) in [7, 11) is -3.50. The lowest BCUT2D eigenvalue weighted by Crippen LogP contribution is -2.27. The van der Waals surface area contributed by atoms with E-state index in [1.165, 1.54) is 51.4 Å². The Morgan fingerprint density at radius 1 is 0.750 bits per heavy atom. The number of nitrogens with one attached hydrogen (secondary N) is 1. The SMILES string of the molecule is CCCCCCCCCCCCNS(=O)(=O)OCCC. The molecule has 0 aromatic heterocycles. The lowest BCUT2D eigenvalue weighted by molar-refractivity contribution is 0.310. The van der Waals surface area contributed by atoms with Gasteiger partial charge in [-0.15, -0.1) is 0 Å². The Kier molecular flexibility index (Phi) is 13.7. The fraction of sp³-hybridized carbons (Fsp3) is 1.00. The number of hydrogen-bond acceptors (Lipinski definition) is 3. The summed E-state index contributed by atoms with van der Waals surface area (Å²) < 4.78 is 29.8. The molecule has 0 spiro atoms. The second kappa shape index (κ2) is 13.8. The molecule has 0 aliphatic rings. The van der Waals surface area contributed by atoms with Crippen LogP contribution >= 0.6 is 0 Å². The largest absolute Gasteiger partial charge is 0.335 e. The molecule has 4 nitrogen and oxygen atoms in total. The molecule has 0 heterocycles. The van der Waals surface area contributed by atoms with Gasteiger partial charge in [0.2, 0.25) is 0 Å². The van der Waals surface area contributed by atoms with Crippen molar-refractivity contribution in [3.63, 3.8) is 0 Å². The van der Waals surface area contributed by atoms with Crippen molar-refractivity contribution < 1.29 is 12.6 Å². The highest BCUT2D eigenvalue weighted by Crippen LogP contribution is 2.10. The quantitative estimate of drug-likeness (QED) is 0.462. The molecule has 122 valence electrons. The molecule has 0 radical (unpaired) electrons. The van der Waals surface area contributed by atoms with Gasteiger partial charge in [-0.25, -0.2) is 0 Å². The minimum atomic E-state index is -3.50. The summed E-state index contributed by atoms with van der Waals surface area (Å²) in [6, 6.07) is 0. The molecule has 0 aliphatic heterocycles. The Balaban J connectivity index is 3.24. The Morgan fingerprint density at radius 2 is 1.25 bits per heavy atom. The van der Waals surface area contributed by atoms with Crippen molar-refractivity contribution in [3.05, 3.63) is 0 Å². The highest BCUT2D eigenvalue weighted by Gasteiger charge is 2.07. The molecule has 0 saturated carbocycles. The van der Waals surface area contributed by atoms with Crippen LogP contribution in [0.2, 0.25) is 0 Å². The minimum Gasteiger partial charge on any atom is -0.258 e. The van der Waals surface area contributed by atoms with Crippen LogP contribution in [-0.4, -0.2) is 21.6 Å². The zero-order valence-electron chi connectivity index (χ0n) is 13.3. The summed E-state index contributed by atoms with van der Waals surface area (Å²) >= 11 is 0. The first-order chi connectivity index (χ1) is 9.62. The molecule has 0 bridgehead atoms. The smallest absolute Gasteiger partial charge is 0.258 e. The van der Waals surface area contributed by atoms with Crippen LogP contribution in [0, 0.1) is 0 Å². The van der Waals surface area contributed by atoms with Crippen LogP contribution in [0.5, 0.6) is 0 Å². The number of rotatable bonds is 15. The van der Waals surface area contributed by atoms with Crippen LogP contribution < -0.4 is 4.72 Å². The molecule has 5 heteroatoms. The molecule has 0 atom stereocenters. The van der Waals surface area contributed by atoms with Crippen LogP contribution in [0.3, 0.4) is 0 Å². The van der Waals surface area contributed by atoms with Gasteiger partial charge in [-0.3, -0.25) is 4.18 Å². The summed E-state index contributed by atoms with van der Waals surface area (Å²) in [5.41, 5.74) is 0. The van der Waals surface area contributed by atoms with Gasteiger partial charge in [-0.05, 0) is 12.8 Å². The maximum absolute atomic E-state index is 11.3. The Labute approximate surface area is 125 Å². The summed E-state index contributed by atoms with van der Waals surface area (Å²) in [5, 5.41) is 0. The fourth-order valence-electron chi connectivity index (χ4n) is 2.04. The summed E-state index contributed by atoms with van der Waals surface area (Å²) in [6.07, 6.45) is 13.2. The first-order valence-electron chi connectivity index (χ1n) is 8.26. The van der Waals surface area contributed by atoms with Crippen molar-refractivity contribution in [1.82, 2.24) is 4.72 Å². The first-order valence-corrected chi connectivity index (χ1v) is 9.67. The normalized spacial score (nSPS) is 11.9. The molecule has 0 unspecified atom stereocenters. The van der Waals surface area contributed by atoms with Crippen LogP contribution in [0.1, 0.15) is 84.5 Å². The van der Waals surface area contributed by atoms with Gasteiger partial charge in [0.25, 0.3) is 0 Å². The van der Waals surface area contributed by atoms with E-state index >= 15 is 0 Å². The van der Waals surface area contributed by atoms with Gasteiger partial charge < -0.3 is 0 Å². The van der Waals surface area contributed by atoms with E-state index in [4.69, 9.17) is 4.18 Å². The van der Waals surface area contributed by atoms with Crippen LogP contribution in [0.25, 0.3) is 0 Å². The fourth-order valence-corrected chi connectivity index (χ4v) is 2.91. The molecule has 0 rings (SSSR count). The van der Waals surface area contributed by atoms with Crippen molar-refractivity contribution in [2.45, 2.75) is 84.5 Å². The molecule has 0 amide bonds. The maximum Gasteiger partial charge on any atom is 0.335 e. The van der Waals surface area contributed by atoms with E-state index in [9.17, 15) is 8.42 Å². The van der Waals surface area contributed by atoms with Gasteiger partial charge in [0.1, 0.15) is 0 Å². The van der Waals surface area contributed by atoms with Gasteiger partial charge >= 0.3 is 10.3 Å². The number of unbranched alkanes of at least 4 members (excludes halogenated alkanes) is 9. The highest BCUT2D eigenvalue weighted by molar-refractivity contribution is 7.84. The van der Waals surface area contributed by atoms with E-state index in [0.29, 0.717) is 13.0 Å². The van der Waals surface area contributed by atoms with Crippen LogP contribution in [-0.2, 0) is 14.5 Å². The van der Waals surface area contributed by atoms with E-state index in [1.807, 2.05) is 6.92 Å². The maximum atomic E-state index is 11.3. The second-order valence-corrected chi connectivity index (χ2v) is 6.79. The van der Waals surface area contributed by atoms with Gasteiger partial charge in [0, 0.05) is 6.54 Å². The van der Waals surface area contributed by atoms with Crippen LogP contribution in [0.4, 0.5) is 0 Å². The zero-order valence-corrected chi connectivity index (χ0v) is 14.1. The predicted molar refractivity (Wildman–Crippen MR) is 85.0 cm³/mol. The van der Waals surface area contributed by atoms with Crippen molar-refractivity contribution in [2.75, 3.05) is 13.2 Å². The molecule has 0 aromatic rings. The summed E-state index contributed by atoms with van der Waals surface area (Å²) in [6.45, 7) is 4.87. The Bertz CT molecular complexity index is 291. The highest BCUT2D eigenvalue weighted by atomic mass is 32.2. The summed E-state index contributed by atoms with van der Waals surface area (Å²) in [4.78, 5) is 0. The molecule has 0 fully saturated rings. The standard InChI is InChI=1S/C15H33NO3S/c1-3-5-6-7-8-9-10-11-12-13-14-16-20(17,18)19-15-4-2/h16H,3-15H2,1-2H3. The molecule has 20 heavy (non-hydrogen) atoms. The third-order valence-electron chi connectivity index (χ3n) is 3.25. The van der Waals surface area contributed by atoms with Crippen molar-refractivity contribution in [1.29, 1.82) is 0 Å².